The number of amides is 1. The quantitative estimate of drug-likeness (QED) is 0.525. The second-order valence-corrected chi connectivity index (χ2v) is 5.26. The number of piperidine rings is 1. The minimum Gasteiger partial charge on any atom is -0.481 e. The lowest BCUT2D eigenvalue weighted by Gasteiger charge is -2.24. The molecule has 1 rings (SSSR count). The number of aliphatic hydroxyl groups is 1. The fourth-order valence-electron chi connectivity index (χ4n) is 2.11. The number of carboxylic acids is 1. The lowest BCUT2D eigenvalue weighted by Crippen LogP contribution is -2.43. The molecule has 0 radical (unpaired) electrons. The zero-order valence-electron chi connectivity index (χ0n) is 10.7. The van der Waals surface area contributed by atoms with Gasteiger partial charge in [-0.15, -0.1) is 0 Å². The summed E-state index contributed by atoms with van der Waals surface area (Å²) in [6.07, 6.45) is 2.16. The van der Waals surface area contributed by atoms with Gasteiger partial charge in [0.05, 0.1) is 12.0 Å². The predicted octanol–water partition coefficient (Wildman–Crippen LogP) is -0.282. The number of aliphatic carboxylic acids is 1. The first kappa shape index (κ1) is 14.9. The summed E-state index contributed by atoms with van der Waals surface area (Å²) in [5, 5.41) is 24.2. The van der Waals surface area contributed by atoms with Crippen LogP contribution >= 0.6 is 0 Å². The molecule has 18 heavy (non-hydrogen) atoms. The number of rotatable bonds is 6. The van der Waals surface area contributed by atoms with Gasteiger partial charge in [0.25, 0.3) is 0 Å². The van der Waals surface area contributed by atoms with Crippen molar-refractivity contribution in [1.29, 1.82) is 0 Å². The molecular weight excluding hydrogens is 236 g/mol. The van der Waals surface area contributed by atoms with E-state index in [-0.39, 0.29) is 18.9 Å². The zero-order chi connectivity index (χ0) is 13.6. The Balaban J connectivity index is 2.25. The summed E-state index contributed by atoms with van der Waals surface area (Å²) in [5.74, 6) is -0.872. The highest BCUT2D eigenvalue weighted by molar-refractivity contribution is 5.76. The maximum atomic E-state index is 11.6. The molecule has 0 bridgehead atoms. The number of carboxylic acid groups (broad SMARTS) is 1. The van der Waals surface area contributed by atoms with E-state index in [0.717, 1.165) is 25.9 Å². The molecule has 1 aliphatic rings. The van der Waals surface area contributed by atoms with Gasteiger partial charge in [-0.1, -0.05) is 0 Å². The summed E-state index contributed by atoms with van der Waals surface area (Å²) >= 11 is 0. The van der Waals surface area contributed by atoms with E-state index in [0.29, 0.717) is 12.3 Å². The first-order chi connectivity index (χ1) is 8.39. The molecule has 1 saturated heterocycles. The molecule has 0 aliphatic carbocycles. The second kappa shape index (κ2) is 6.70. The van der Waals surface area contributed by atoms with Gasteiger partial charge in [-0.3, -0.25) is 9.59 Å². The molecule has 1 heterocycles. The van der Waals surface area contributed by atoms with E-state index in [1.54, 1.807) is 0 Å². The lowest BCUT2D eigenvalue weighted by atomic mass is 9.95. The zero-order valence-corrected chi connectivity index (χ0v) is 10.7. The van der Waals surface area contributed by atoms with Gasteiger partial charge in [0.1, 0.15) is 0 Å². The van der Waals surface area contributed by atoms with Crippen LogP contribution in [-0.2, 0) is 9.59 Å². The number of hydrogen-bond donors (Lipinski definition) is 4. The third kappa shape index (κ3) is 5.97. The fraction of sp³-hybridized carbons (Fsp3) is 0.833. The number of carbonyl (C=O) groups is 2. The van der Waals surface area contributed by atoms with Crippen molar-refractivity contribution in [1.82, 2.24) is 10.6 Å². The fourth-order valence-corrected chi connectivity index (χ4v) is 2.11. The molecule has 0 aromatic carbocycles. The van der Waals surface area contributed by atoms with Crippen LogP contribution in [0.1, 0.15) is 32.6 Å². The predicted molar refractivity (Wildman–Crippen MR) is 66.1 cm³/mol. The van der Waals surface area contributed by atoms with Gasteiger partial charge >= 0.3 is 5.97 Å². The van der Waals surface area contributed by atoms with Gasteiger partial charge in [0.15, 0.2) is 0 Å². The highest BCUT2D eigenvalue weighted by atomic mass is 16.4. The Hall–Kier alpha value is -1.14. The van der Waals surface area contributed by atoms with E-state index in [4.69, 9.17) is 5.11 Å². The van der Waals surface area contributed by atoms with E-state index in [2.05, 4.69) is 10.6 Å². The standard InChI is InChI=1S/C12H22N2O4/c1-12(18,6-11(16)17)8-14-10(15)5-9-3-2-4-13-7-9/h9,13,18H,2-8H2,1H3,(H,14,15)(H,16,17). The largest absolute Gasteiger partial charge is 0.481 e. The Morgan fingerprint density at radius 3 is 2.78 bits per heavy atom. The van der Waals surface area contributed by atoms with Crippen molar-refractivity contribution in [3.05, 3.63) is 0 Å². The van der Waals surface area contributed by atoms with Gasteiger partial charge in [-0.2, -0.15) is 0 Å². The minimum absolute atomic E-state index is 0.0295. The van der Waals surface area contributed by atoms with Crippen LogP contribution in [0.15, 0.2) is 0 Å². The summed E-state index contributed by atoms with van der Waals surface area (Å²) in [5.41, 5.74) is -1.40. The Kier molecular flexibility index (Phi) is 5.55. The van der Waals surface area contributed by atoms with Crippen molar-refractivity contribution < 1.29 is 19.8 Å². The van der Waals surface area contributed by atoms with Crippen molar-refractivity contribution in [3.8, 4) is 0 Å². The molecule has 2 atom stereocenters. The molecule has 0 aromatic rings. The van der Waals surface area contributed by atoms with Gasteiger partial charge in [-0.25, -0.2) is 0 Å². The molecular formula is C12H22N2O4. The van der Waals surface area contributed by atoms with Crippen molar-refractivity contribution in [2.45, 2.75) is 38.2 Å². The molecule has 0 saturated carbocycles. The van der Waals surface area contributed by atoms with Gasteiger partial charge in [-0.05, 0) is 38.8 Å². The van der Waals surface area contributed by atoms with Gasteiger partial charge < -0.3 is 20.8 Å². The van der Waals surface area contributed by atoms with E-state index in [9.17, 15) is 14.7 Å². The molecule has 0 spiro atoms. The Bertz CT molecular complexity index is 298. The third-order valence-electron chi connectivity index (χ3n) is 3.07. The first-order valence-electron chi connectivity index (χ1n) is 6.31. The summed E-state index contributed by atoms with van der Waals surface area (Å²) in [4.78, 5) is 22.1. The molecule has 104 valence electrons. The topological polar surface area (TPSA) is 98.7 Å². The van der Waals surface area contributed by atoms with Crippen molar-refractivity contribution >= 4 is 11.9 Å². The van der Waals surface area contributed by atoms with E-state index in [1.165, 1.54) is 6.92 Å². The summed E-state index contributed by atoms with van der Waals surface area (Å²) in [7, 11) is 0. The van der Waals surface area contributed by atoms with Crippen LogP contribution in [-0.4, -0.2) is 47.3 Å². The van der Waals surface area contributed by atoms with Crippen LogP contribution in [0.25, 0.3) is 0 Å². The Labute approximate surface area is 107 Å². The highest BCUT2D eigenvalue weighted by Crippen LogP contribution is 2.14. The molecule has 1 fully saturated rings. The van der Waals surface area contributed by atoms with Gasteiger partial charge in [0, 0.05) is 13.0 Å². The summed E-state index contributed by atoms with van der Waals surface area (Å²) in [6.45, 7) is 3.23. The smallest absolute Gasteiger partial charge is 0.306 e. The molecule has 6 nitrogen and oxygen atoms in total. The monoisotopic (exact) mass is 258 g/mol. The average molecular weight is 258 g/mol. The van der Waals surface area contributed by atoms with Crippen LogP contribution < -0.4 is 10.6 Å². The van der Waals surface area contributed by atoms with Crippen molar-refractivity contribution in [3.63, 3.8) is 0 Å². The molecule has 0 aromatic heterocycles. The molecule has 1 amide bonds. The highest BCUT2D eigenvalue weighted by Gasteiger charge is 2.25. The molecule has 1 aliphatic heterocycles. The van der Waals surface area contributed by atoms with Crippen LogP contribution in [0, 0.1) is 5.92 Å². The number of carbonyl (C=O) groups excluding carboxylic acids is 1. The van der Waals surface area contributed by atoms with E-state index >= 15 is 0 Å². The van der Waals surface area contributed by atoms with Crippen LogP contribution in [0.2, 0.25) is 0 Å². The van der Waals surface area contributed by atoms with Crippen LogP contribution in [0.3, 0.4) is 0 Å². The maximum absolute atomic E-state index is 11.6. The first-order valence-corrected chi connectivity index (χ1v) is 6.31. The summed E-state index contributed by atoms with van der Waals surface area (Å²) < 4.78 is 0. The van der Waals surface area contributed by atoms with Crippen molar-refractivity contribution in [2.75, 3.05) is 19.6 Å². The normalized spacial score (nSPS) is 23.1. The van der Waals surface area contributed by atoms with Crippen LogP contribution in [0.5, 0.6) is 0 Å². The van der Waals surface area contributed by atoms with E-state index < -0.39 is 11.6 Å². The molecule has 4 N–H and O–H groups in total. The Morgan fingerprint density at radius 1 is 1.50 bits per heavy atom. The average Bonchev–Trinajstić information content (AvgIpc) is 2.26. The second-order valence-electron chi connectivity index (χ2n) is 5.26. The third-order valence-corrected chi connectivity index (χ3v) is 3.07. The van der Waals surface area contributed by atoms with Gasteiger partial charge in [0.2, 0.25) is 5.91 Å². The Morgan fingerprint density at radius 2 is 2.22 bits per heavy atom. The molecule has 6 heteroatoms. The van der Waals surface area contributed by atoms with Crippen molar-refractivity contribution in [2.24, 2.45) is 5.92 Å². The molecule has 2 unspecified atom stereocenters. The number of hydrogen-bond acceptors (Lipinski definition) is 4. The maximum Gasteiger partial charge on any atom is 0.306 e. The SMILES string of the molecule is CC(O)(CNC(=O)CC1CCCNC1)CC(=O)O. The minimum atomic E-state index is -1.40. The number of nitrogens with one attached hydrogen (secondary N) is 2. The van der Waals surface area contributed by atoms with E-state index in [1.807, 2.05) is 0 Å². The summed E-state index contributed by atoms with van der Waals surface area (Å²) in [6, 6.07) is 0. The van der Waals surface area contributed by atoms with Crippen LogP contribution in [0.4, 0.5) is 0 Å². The lowest BCUT2D eigenvalue weighted by molar-refractivity contribution is -0.142.